The summed E-state index contributed by atoms with van der Waals surface area (Å²) in [7, 11) is 0. The van der Waals surface area contributed by atoms with Crippen LogP contribution in [-0.4, -0.2) is 38.9 Å². The average Bonchev–Trinajstić information content (AvgIpc) is 2.49. The number of alkyl halides is 3. The molecule has 118 valence electrons. The van der Waals surface area contributed by atoms with Crippen LogP contribution in [0, 0.1) is 0 Å². The number of hydrogen-bond donors (Lipinski definition) is 1. The van der Waals surface area contributed by atoms with Crippen LogP contribution in [0.1, 0.15) is 0 Å². The number of rotatable bonds is 3. The van der Waals surface area contributed by atoms with Crippen molar-refractivity contribution >= 4 is 5.97 Å². The van der Waals surface area contributed by atoms with E-state index in [-0.39, 0.29) is 6.61 Å². The predicted molar refractivity (Wildman–Crippen MR) is 63.6 cm³/mol. The van der Waals surface area contributed by atoms with Gasteiger partial charge in [-0.3, -0.25) is 0 Å². The maximum Gasteiger partial charge on any atom is 0.430 e. The highest BCUT2D eigenvalue weighted by molar-refractivity contribution is 5.70. The fourth-order valence-corrected chi connectivity index (χ4v) is 1.20. The van der Waals surface area contributed by atoms with Gasteiger partial charge in [0.1, 0.15) is 18.8 Å². The Hall–Kier alpha value is -2.62. The number of carbonyl (C=O) groups excluding carboxylic acids is 1. The van der Waals surface area contributed by atoms with Crippen LogP contribution in [0.15, 0.2) is 36.9 Å². The topological polar surface area (TPSA) is 103 Å². The molecule has 2 aromatic rings. The van der Waals surface area contributed by atoms with Gasteiger partial charge in [-0.25, -0.2) is 9.97 Å². The van der Waals surface area contributed by atoms with Crippen LogP contribution in [0.2, 0.25) is 0 Å². The lowest BCUT2D eigenvalue weighted by Gasteiger charge is -2.03. The third-order valence-corrected chi connectivity index (χ3v) is 2.16. The van der Waals surface area contributed by atoms with Crippen LogP contribution in [0.4, 0.5) is 13.2 Å². The van der Waals surface area contributed by atoms with E-state index < -0.39 is 12.1 Å². The van der Waals surface area contributed by atoms with Gasteiger partial charge in [-0.15, -0.1) is 0 Å². The zero-order valence-electron chi connectivity index (χ0n) is 11.1. The van der Waals surface area contributed by atoms with Gasteiger partial charge in [0.2, 0.25) is 0 Å². The molecule has 22 heavy (non-hydrogen) atoms. The number of hydrogen-bond acceptors (Lipinski definition) is 6. The second-order valence-electron chi connectivity index (χ2n) is 3.76. The maximum atomic E-state index is 10.5. The molecule has 0 saturated carbocycles. The molecule has 0 saturated heterocycles. The van der Waals surface area contributed by atoms with E-state index in [0.717, 1.165) is 5.56 Å². The van der Waals surface area contributed by atoms with Gasteiger partial charge in [0.15, 0.2) is 18.6 Å². The van der Waals surface area contributed by atoms with Crippen molar-refractivity contribution in [3.8, 4) is 11.4 Å². The Bertz CT molecular complexity index is 591. The minimum absolute atomic E-state index is 0.0822. The molecule has 0 aliphatic rings. The van der Waals surface area contributed by atoms with Gasteiger partial charge in [-0.2, -0.15) is 13.2 Å². The highest BCUT2D eigenvalue weighted by Crippen LogP contribution is 2.11. The van der Waals surface area contributed by atoms with Crippen molar-refractivity contribution in [2.45, 2.75) is 12.7 Å². The van der Waals surface area contributed by atoms with E-state index in [1.165, 1.54) is 0 Å². The van der Waals surface area contributed by atoms with Gasteiger partial charge in [0.05, 0.1) is 0 Å². The molecular weight excluding hydrogens is 305 g/mol. The van der Waals surface area contributed by atoms with Crippen molar-refractivity contribution in [2.24, 2.45) is 0 Å². The number of carboxylic acids is 1. The Balaban J connectivity index is 0.000000295. The summed E-state index contributed by atoms with van der Waals surface area (Å²) in [6.07, 6.45) is 1.67. The minimum atomic E-state index is -5.19. The lowest BCUT2D eigenvalue weighted by molar-refractivity contribution is -0.754. The molecule has 0 unspecified atom stereocenters. The van der Waals surface area contributed by atoms with E-state index >= 15 is 0 Å². The Morgan fingerprint density at radius 2 is 1.91 bits per heavy atom. The number of aliphatic hydroxyl groups excluding tert-OH is 1. The van der Waals surface area contributed by atoms with E-state index in [0.29, 0.717) is 12.4 Å². The molecule has 0 fully saturated rings. The van der Waals surface area contributed by atoms with Gasteiger partial charge in [-0.1, -0.05) is 4.68 Å². The number of halogens is 3. The van der Waals surface area contributed by atoms with Gasteiger partial charge >= 0.3 is 6.18 Å². The molecule has 7 nitrogen and oxygen atoms in total. The molecule has 0 spiro atoms. The monoisotopic (exact) mass is 316 g/mol. The van der Waals surface area contributed by atoms with Crippen LogP contribution in [0.5, 0.6) is 0 Å². The summed E-state index contributed by atoms with van der Waals surface area (Å²) in [5, 5.41) is 21.6. The smallest absolute Gasteiger partial charge is 0.430 e. The summed E-state index contributed by atoms with van der Waals surface area (Å²) >= 11 is 0. The van der Waals surface area contributed by atoms with E-state index in [1.807, 2.05) is 6.07 Å². The molecule has 2 rings (SSSR count). The minimum Gasteiger partial charge on any atom is -0.542 e. The molecule has 10 heteroatoms. The Morgan fingerprint density at radius 3 is 2.32 bits per heavy atom. The second kappa shape index (κ2) is 7.98. The summed E-state index contributed by atoms with van der Waals surface area (Å²) in [5.74, 6) is -2.35. The van der Waals surface area contributed by atoms with Crippen molar-refractivity contribution in [2.75, 3.05) is 6.61 Å². The summed E-state index contributed by atoms with van der Waals surface area (Å²) in [6, 6.07) is 3.64. The predicted octanol–water partition coefficient (Wildman–Crippen LogP) is -0.883. The summed E-state index contributed by atoms with van der Waals surface area (Å²) in [4.78, 5) is 17.0. The largest absolute Gasteiger partial charge is 0.542 e. The number of nitrogens with zero attached hydrogens (tertiary/aromatic N) is 4. The molecule has 2 aromatic heterocycles. The van der Waals surface area contributed by atoms with Crippen molar-refractivity contribution in [1.82, 2.24) is 15.1 Å². The van der Waals surface area contributed by atoms with E-state index in [1.54, 1.807) is 35.5 Å². The van der Waals surface area contributed by atoms with Gasteiger partial charge in [0, 0.05) is 24.0 Å². The molecule has 0 amide bonds. The van der Waals surface area contributed by atoms with Crippen LogP contribution in [0.25, 0.3) is 11.4 Å². The first-order chi connectivity index (χ1) is 10.3. The zero-order chi connectivity index (χ0) is 16.6. The Kier molecular flexibility index (Phi) is 6.32. The summed E-state index contributed by atoms with van der Waals surface area (Å²) < 4.78 is 33.2. The third kappa shape index (κ3) is 5.79. The van der Waals surface area contributed by atoms with Crippen molar-refractivity contribution < 1.29 is 32.9 Å². The van der Waals surface area contributed by atoms with Crippen LogP contribution in [0.3, 0.4) is 0 Å². The molecule has 2 heterocycles. The second-order valence-corrected chi connectivity index (χ2v) is 3.76. The molecule has 0 aliphatic heterocycles. The Morgan fingerprint density at radius 1 is 1.32 bits per heavy atom. The van der Waals surface area contributed by atoms with Crippen molar-refractivity contribution in [3.63, 3.8) is 0 Å². The SMILES string of the molecule is O=C([O-])C(F)(F)F.OCC[n+]1ccc(-c2ncccn2)cn1. The van der Waals surface area contributed by atoms with Gasteiger partial charge in [0.25, 0.3) is 0 Å². The third-order valence-electron chi connectivity index (χ3n) is 2.16. The Labute approximate surface area is 122 Å². The van der Waals surface area contributed by atoms with Gasteiger partial charge in [-0.05, 0) is 11.2 Å². The molecular formula is C12H11F3N4O3. The average molecular weight is 316 g/mol. The van der Waals surface area contributed by atoms with E-state index in [9.17, 15) is 13.2 Å². The summed E-state index contributed by atoms with van der Waals surface area (Å²) in [5.41, 5.74) is 0.866. The first-order valence-electron chi connectivity index (χ1n) is 5.87. The maximum absolute atomic E-state index is 10.5. The van der Waals surface area contributed by atoms with Crippen LogP contribution >= 0.6 is 0 Å². The highest BCUT2D eigenvalue weighted by Gasteiger charge is 2.28. The number of carboxylic acid groups (broad SMARTS) is 1. The molecule has 0 atom stereocenters. The normalized spacial score (nSPS) is 10.5. The number of aromatic nitrogens is 4. The number of aliphatic hydroxyl groups is 1. The lowest BCUT2D eigenvalue weighted by atomic mass is 10.3. The standard InChI is InChI=1S/C10H11N4O.C2HF3O2/c15-7-6-14-5-2-9(8-13-14)10-11-3-1-4-12-10;3-2(4,5)1(6)7/h1-5,8,15H,6-7H2;(H,6,7)/q+1;/p-1. The van der Waals surface area contributed by atoms with Crippen LogP contribution < -0.4 is 9.79 Å². The fraction of sp³-hybridized carbons (Fsp3) is 0.250. The number of aliphatic carboxylic acids is 1. The van der Waals surface area contributed by atoms with Gasteiger partial charge < -0.3 is 15.0 Å². The van der Waals surface area contributed by atoms with E-state index in [2.05, 4.69) is 15.1 Å². The van der Waals surface area contributed by atoms with E-state index in [4.69, 9.17) is 15.0 Å². The quantitative estimate of drug-likeness (QED) is 0.738. The fourth-order valence-electron chi connectivity index (χ4n) is 1.20. The molecule has 0 aliphatic carbocycles. The number of carbonyl (C=O) groups is 1. The zero-order valence-corrected chi connectivity index (χ0v) is 11.1. The first kappa shape index (κ1) is 17.4. The van der Waals surface area contributed by atoms with Crippen molar-refractivity contribution in [3.05, 3.63) is 36.9 Å². The van der Waals surface area contributed by atoms with Crippen LogP contribution in [-0.2, 0) is 11.3 Å². The molecule has 0 aromatic carbocycles. The lowest BCUT2D eigenvalue weighted by Crippen LogP contribution is -2.38. The molecule has 0 radical (unpaired) electrons. The summed E-state index contributed by atoms with van der Waals surface area (Å²) in [6.45, 7) is 0.578. The van der Waals surface area contributed by atoms with Crippen molar-refractivity contribution in [1.29, 1.82) is 0 Å². The molecule has 1 N–H and O–H groups in total. The first-order valence-corrected chi connectivity index (χ1v) is 5.87. The molecule has 0 bridgehead atoms. The highest BCUT2D eigenvalue weighted by atomic mass is 19.4.